The van der Waals surface area contributed by atoms with Gasteiger partial charge in [0.25, 0.3) is 5.91 Å². The molecule has 2 aliphatic heterocycles. The van der Waals surface area contributed by atoms with Crippen LogP contribution in [0.15, 0.2) is 23.1 Å². The van der Waals surface area contributed by atoms with Gasteiger partial charge in [-0.2, -0.15) is 4.31 Å². The van der Waals surface area contributed by atoms with E-state index in [-0.39, 0.29) is 10.8 Å². The van der Waals surface area contributed by atoms with E-state index in [2.05, 4.69) is 5.32 Å². The molecule has 1 atom stereocenters. The minimum absolute atomic E-state index is 0.159. The third kappa shape index (κ3) is 2.61. The van der Waals surface area contributed by atoms with Crippen molar-refractivity contribution in [2.24, 2.45) is 0 Å². The van der Waals surface area contributed by atoms with Gasteiger partial charge in [-0.1, -0.05) is 0 Å². The van der Waals surface area contributed by atoms with Gasteiger partial charge in [0, 0.05) is 19.2 Å². The summed E-state index contributed by atoms with van der Waals surface area (Å²) in [4.78, 5) is 11.7. The molecule has 0 bridgehead atoms. The topological polar surface area (TPSA) is 84.9 Å². The Morgan fingerprint density at radius 1 is 1.29 bits per heavy atom. The third-order valence-electron chi connectivity index (χ3n) is 3.49. The van der Waals surface area contributed by atoms with E-state index in [1.807, 2.05) is 0 Å². The van der Waals surface area contributed by atoms with Crippen LogP contribution in [0.25, 0.3) is 0 Å². The molecule has 21 heavy (non-hydrogen) atoms. The van der Waals surface area contributed by atoms with Gasteiger partial charge in [0.2, 0.25) is 10.0 Å². The molecule has 3 rings (SSSR count). The van der Waals surface area contributed by atoms with Crippen molar-refractivity contribution in [3.8, 4) is 5.75 Å². The molecule has 114 valence electrons. The van der Waals surface area contributed by atoms with Crippen LogP contribution >= 0.6 is 0 Å². The van der Waals surface area contributed by atoms with Gasteiger partial charge in [-0.25, -0.2) is 8.42 Å². The van der Waals surface area contributed by atoms with Crippen LogP contribution in [0.1, 0.15) is 6.92 Å². The van der Waals surface area contributed by atoms with Crippen LogP contribution < -0.4 is 10.1 Å². The molecule has 7 nitrogen and oxygen atoms in total. The number of hydrogen-bond donors (Lipinski definition) is 1. The Labute approximate surface area is 122 Å². The Morgan fingerprint density at radius 2 is 2.00 bits per heavy atom. The lowest BCUT2D eigenvalue weighted by Crippen LogP contribution is -2.40. The first kappa shape index (κ1) is 14.3. The number of benzene rings is 1. The van der Waals surface area contributed by atoms with Gasteiger partial charge in [-0.3, -0.25) is 4.79 Å². The molecule has 0 radical (unpaired) electrons. The number of anilines is 1. The summed E-state index contributed by atoms with van der Waals surface area (Å²) in [5.41, 5.74) is 0.485. The van der Waals surface area contributed by atoms with Gasteiger partial charge in [-0.15, -0.1) is 0 Å². The molecule has 1 aromatic rings. The molecular formula is C13H16N2O5S. The summed E-state index contributed by atoms with van der Waals surface area (Å²) >= 11 is 0. The van der Waals surface area contributed by atoms with Crippen molar-refractivity contribution in [1.82, 2.24) is 4.31 Å². The minimum Gasteiger partial charge on any atom is -0.479 e. The fourth-order valence-electron chi connectivity index (χ4n) is 2.28. The van der Waals surface area contributed by atoms with E-state index in [0.717, 1.165) is 0 Å². The summed E-state index contributed by atoms with van der Waals surface area (Å²) in [5, 5.41) is 2.68. The number of hydrogen-bond acceptors (Lipinski definition) is 5. The molecule has 1 N–H and O–H groups in total. The van der Waals surface area contributed by atoms with Gasteiger partial charge < -0.3 is 14.8 Å². The van der Waals surface area contributed by atoms with Crippen LogP contribution in [0, 0.1) is 0 Å². The van der Waals surface area contributed by atoms with Crippen LogP contribution in [0.3, 0.4) is 0 Å². The maximum absolute atomic E-state index is 12.5. The zero-order chi connectivity index (χ0) is 15.0. The normalized spacial score (nSPS) is 23.1. The van der Waals surface area contributed by atoms with Gasteiger partial charge in [-0.05, 0) is 19.1 Å². The second-order valence-corrected chi connectivity index (χ2v) is 6.86. The summed E-state index contributed by atoms with van der Waals surface area (Å²) < 4.78 is 37.1. The van der Waals surface area contributed by atoms with Crippen molar-refractivity contribution < 1.29 is 22.7 Å². The maximum Gasteiger partial charge on any atom is 0.265 e. The van der Waals surface area contributed by atoms with Crippen molar-refractivity contribution >= 4 is 21.6 Å². The molecule has 0 aromatic heterocycles. The fraction of sp³-hybridized carbons (Fsp3) is 0.462. The number of nitrogens with zero attached hydrogens (tertiary/aromatic N) is 1. The molecule has 1 amide bonds. The number of amides is 1. The van der Waals surface area contributed by atoms with Crippen LogP contribution in [-0.4, -0.2) is 51.0 Å². The number of morpholine rings is 1. The smallest absolute Gasteiger partial charge is 0.265 e. The van der Waals surface area contributed by atoms with E-state index in [1.54, 1.807) is 13.0 Å². The van der Waals surface area contributed by atoms with Crippen LogP contribution in [-0.2, 0) is 19.6 Å². The Hall–Kier alpha value is -1.64. The van der Waals surface area contributed by atoms with Crippen molar-refractivity contribution in [1.29, 1.82) is 0 Å². The van der Waals surface area contributed by atoms with E-state index in [1.165, 1.54) is 16.4 Å². The first-order valence-corrected chi connectivity index (χ1v) is 8.12. The molecule has 0 spiro atoms. The van der Waals surface area contributed by atoms with Gasteiger partial charge >= 0.3 is 0 Å². The molecule has 1 fully saturated rings. The molecule has 0 saturated carbocycles. The summed E-state index contributed by atoms with van der Waals surface area (Å²) in [6.45, 7) is 3.09. The molecular weight excluding hydrogens is 296 g/mol. The zero-order valence-corrected chi connectivity index (χ0v) is 12.4. The van der Waals surface area contributed by atoms with Crippen LogP contribution in [0.4, 0.5) is 5.69 Å². The van der Waals surface area contributed by atoms with E-state index < -0.39 is 16.1 Å². The minimum atomic E-state index is -3.57. The Bertz CT molecular complexity index is 667. The molecule has 1 saturated heterocycles. The standard InChI is InChI=1S/C13H16N2O5S/c1-9-13(16)14-11-3-2-10(8-12(11)20-9)21(17,18)15-4-6-19-7-5-15/h2-3,8-9H,4-7H2,1H3,(H,14,16)/t9-/m1/s1. The molecule has 0 unspecified atom stereocenters. The second-order valence-electron chi connectivity index (χ2n) is 4.92. The highest BCUT2D eigenvalue weighted by Gasteiger charge is 2.29. The lowest BCUT2D eigenvalue weighted by atomic mass is 10.2. The molecule has 2 aliphatic rings. The van der Waals surface area contributed by atoms with Gasteiger partial charge in [0.15, 0.2) is 6.10 Å². The van der Waals surface area contributed by atoms with E-state index in [0.29, 0.717) is 37.7 Å². The number of nitrogens with one attached hydrogen (secondary N) is 1. The van der Waals surface area contributed by atoms with Gasteiger partial charge in [0.05, 0.1) is 23.8 Å². The van der Waals surface area contributed by atoms with E-state index in [4.69, 9.17) is 9.47 Å². The molecule has 8 heteroatoms. The van der Waals surface area contributed by atoms with Crippen molar-refractivity contribution in [2.45, 2.75) is 17.9 Å². The predicted molar refractivity (Wildman–Crippen MR) is 74.7 cm³/mol. The first-order valence-electron chi connectivity index (χ1n) is 6.68. The molecule has 0 aliphatic carbocycles. The Kier molecular flexibility index (Phi) is 3.60. The van der Waals surface area contributed by atoms with Crippen molar-refractivity contribution in [3.05, 3.63) is 18.2 Å². The van der Waals surface area contributed by atoms with Crippen LogP contribution in [0.5, 0.6) is 5.75 Å². The number of carbonyl (C=O) groups excluding carboxylic acids is 1. The monoisotopic (exact) mass is 312 g/mol. The number of sulfonamides is 1. The largest absolute Gasteiger partial charge is 0.479 e. The highest BCUT2D eigenvalue weighted by Crippen LogP contribution is 2.32. The van der Waals surface area contributed by atoms with E-state index >= 15 is 0 Å². The van der Waals surface area contributed by atoms with Crippen molar-refractivity contribution in [2.75, 3.05) is 31.6 Å². The average molecular weight is 312 g/mol. The maximum atomic E-state index is 12.5. The first-order chi connectivity index (χ1) is 9.98. The summed E-state index contributed by atoms with van der Waals surface area (Å²) in [6.07, 6.45) is -0.640. The SMILES string of the molecule is C[C@H]1Oc2cc(S(=O)(=O)N3CCOCC3)ccc2NC1=O. The molecule has 1 aromatic carbocycles. The summed E-state index contributed by atoms with van der Waals surface area (Å²) in [5.74, 6) is 0.128. The highest BCUT2D eigenvalue weighted by atomic mass is 32.2. The zero-order valence-electron chi connectivity index (χ0n) is 11.5. The predicted octanol–water partition coefficient (Wildman–Crippen LogP) is 0.427. The third-order valence-corrected chi connectivity index (χ3v) is 5.39. The summed E-state index contributed by atoms with van der Waals surface area (Å²) in [6, 6.07) is 4.48. The van der Waals surface area contributed by atoms with Crippen molar-refractivity contribution in [3.63, 3.8) is 0 Å². The Morgan fingerprint density at radius 3 is 2.71 bits per heavy atom. The summed E-state index contributed by atoms with van der Waals surface area (Å²) in [7, 11) is -3.57. The van der Waals surface area contributed by atoms with Gasteiger partial charge in [0.1, 0.15) is 5.75 Å². The Balaban J connectivity index is 1.93. The fourth-order valence-corrected chi connectivity index (χ4v) is 3.70. The van der Waals surface area contributed by atoms with Crippen LogP contribution in [0.2, 0.25) is 0 Å². The van der Waals surface area contributed by atoms with E-state index in [9.17, 15) is 13.2 Å². The highest BCUT2D eigenvalue weighted by molar-refractivity contribution is 7.89. The lowest BCUT2D eigenvalue weighted by molar-refractivity contribution is -0.122. The second kappa shape index (κ2) is 5.28. The number of rotatable bonds is 2. The number of fused-ring (bicyclic) bond motifs is 1. The quantitative estimate of drug-likeness (QED) is 0.856. The average Bonchev–Trinajstić information content (AvgIpc) is 2.49. The molecule has 2 heterocycles. The number of ether oxygens (including phenoxy) is 2. The lowest BCUT2D eigenvalue weighted by Gasteiger charge is -2.27. The number of carbonyl (C=O) groups is 1.